The van der Waals surface area contributed by atoms with E-state index >= 15 is 0 Å². The predicted octanol–water partition coefficient (Wildman–Crippen LogP) is 2.70. The standard InChI is InChI=1S/C19H30N2O3S/c1-14(2)16(4)20-19(22)17-9-11-21(12-10-17)25(23,24)13-18-8-6-5-7-15(18)3/h5-8,14,16-17H,9-13H2,1-4H3,(H,20,22)/t16-/m0/s1. The van der Waals surface area contributed by atoms with Crippen LogP contribution >= 0.6 is 0 Å². The molecule has 1 aromatic rings. The molecule has 1 N–H and O–H groups in total. The second kappa shape index (κ2) is 8.32. The van der Waals surface area contributed by atoms with E-state index in [4.69, 9.17) is 0 Å². The molecule has 1 heterocycles. The Morgan fingerprint density at radius 3 is 2.36 bits per heavy atom. The van der Waals surface area contributed by atoms with Crippen molar-refractivity contribution in [1.82, 2.24) is 9.62 Å². The molecule has 0 spiro atoms. The normalized spacial score (nSPS) is 18.3. The van der Waals surface area contributed by atoms with Crippen molar-refractivity contribution in [2.45, 2.75) is 52.3 Å². The number of carbonyl (C=O) groups is 1. The summed E-state index contributed by atoms with van der Waals surface area (Å²) in [5, 5.41) is 3.04. The number of aryl methyl sites for hydroxylation is 1. The first-order chi connectivity index (χ1) is 11.7. The lowest BCUT2D eigenvalue weighted by Gasteiger charge is -2.31. The molecule has 1 aromatic carbocycles. The first kappa shape index (κ1) is 19.9. The second-order valence-corrected chi connectivity index (χ2v) is 9.37. The lowest BCUT2D eigenvalue weighted by Crippen LogP contribution is -2.46. The molecule has 1 fully saturated rings. The minimum Gasteiger partial charge on any atom is -0.353 e. The van der Waals surface area contributed by atoms with Crippen LogP contribution in [0, 0.1) is 18.8 Å². The van der Waals surface area contributed by atoms with Crippen molar-refractivity contribution in [3.63, 3.8) is 0 Å². The van der Waals surface area contributed by atoms with Gasteiger partial charge in [0.05, 0.1) is 5.75 Å². The van der Waals surface area contributed by atoms with Crippen molar-refractivity contribution in [2.24, 2.45) is 11.8 Å². The molecular weight excluding hydrogens is 336 g/mol. The van der Waals surface area contributed by atoms with Crippen LogP contribution in [-0.4, -0.2) is 37.8 Å². The van der Waals surface area contributed by atoms with E-state index in [2.05, 4.69) is 19.2 Å². The zero-order chi connectivity index (χ0) is 18.6. The number of sulfonamides is 1. The molecule has 1 saturated heterocycles. The van der Waals surface area contributed by atoms with E-state index in [1.807, 2.05) is 38.1 Å². The van der Waals surface area contributed by atoms with Crippen LogP contribution in [0.2, 0.25) is 0 Å². The molecule has 0 aromatic heterocycles. The van der Waals surface area contributed by atoms with Crippen molar-refractivity contribution in [3.05, 3.63) is 35.4 Å². The lowest BCUT2D eigenvalue weighted by molar-refractivity contribution is -0.127. The molecule has 0 radical (unpaired) electrons. The number of benzene rings is 1. The Kier molecular flexibility index (Phi) is 6.63. The van der Waals surface area contributed by atoms with E-state index in [0.717, 1.165) is 11.1 Å². The van der Waals surface area contributed by atoms with Crippen LogP contribution in [-0.2, 0) is 20.6 Å². The smallest absolute Gasteiger partial charge is 0.223 e. The number of nitrogens with one attached hydrogen (secondary N) is 1. The van der Waals surface area contributed by atoms with Gasteiger partial charge in [0.2, 0.25) is 15.9 Å². The Morgan fingerprint density at radius 1 is 1.20 bits per heavy atom. The third-order valence-corrected chi connectivity index (χ3v) is 7.01. The predicted molar refractivity (Wildman–Crippen MR) is 101 cm³/mol. The molecule has 25 heavy (non-hydrogen) atoms. The van der Waals surface area contributed by atoms with Gasteiger partial charge in [0.1, 0.15) is 0 Å². The molecule has 0 saturated carbocycles. The number of amides is 1. The Hall–Kier alpha value is -1.40. The van der Waals surface area contributed by atoms with Crippen molar-refractivity contribution < 1.29 is 13.2 Å². The maximum Gasteiger partial charge on any atom is 0.223 e. The average molecular weight is 367 g/mol. The van der Waals surface area contributed by atoms with E-state index in [1.54, 1.807) is 0 Å². The lowest BCUT2D eigenvalue weighted by atomic mass is 9.96. The second-order valence-electron chi connectivity index (χ2n) is 7.40. The number of rotatable bonds is 6. The van der Waals surface area contributed by atoms with Gasteiger partial charge < -0.3 is 5.32 Å². The SMILES string of the molecule is Cc1ccccc1CS(=O)(=O)N1CCC(C(=O)N[C@@H](C)C(C)C)CC1. The van der Waals surface area contributed by atoms with Gasteiger partial charge in [0.15, 0.2) is 0 Å². The van der Waals surface area contributed by atoms with E-state index in [9.17, 15) is 13.2 Å². The van der Waals surface area contributed by atoms with Crippen molar-refractivity contribution >= 4 is 15.9 Å². The molecule has 0 bridgehead atoms. The first-order valence-corrected chi connectivity index (χ1v) is 10.6. The highest BCUT2D eigenvalue weighted by atomic mass is 32.2. The number of hydrogen-bond acceptors (Lipinski definition) is 3. The van der Waals surface area contributed by atoms with E-state index in [0.29, 0.717) is 31.8 Å². The highest BCUT2D eigenvalue weighted by Crippen LogP contribution is 2.23. The fourth-order valence-corrected chi connectivity index (χ4v) is 4.63. The van der Waals surface area contributed by atoms with Gasteiger partial charge in [0.25, 0.3) is 0 Å². The molecule has 1 atom stereocenters. The van der Waals surface area contributed by atoms with Crippen LogP contribution in [0.3, 0.4) is 0 Å². The van der Waals surface area contributed by atoms with Gasteiger partial charge in [-0.3, -0.25) is 4.79 Å². The van der Waals surface area contributed by atoms with Gasteiger partial charge in [-0.2, -0.15) is 0 Å². The quantitative estimate of drug-likeness (QED) is 0.842. The van der Waals surface area contributed by atoms with Crippen LogP contribution in [0.5, 0.6) is 0 Å². The molecular formula is C19H30N2O3S. The number of piperidine rings is 1. The summed E-state index contributed by atoms with van der Waals surface area (Å²) >= 11 is 0. The summed E-state index contributed by atoms with van der Waals surface area (Å²) in [6, 6.07) is 7.70. The van der Waals surface area contributed by atoms with Crippen molar-refractivity contribution in [1.29, 1.82) is 0 Å². The van der Waals surface area contributed by atoms with Crippen LogP contribution in [0.15, 0.2) is 24.3 Å². The number of nitrogens with zero attached hydrogens (tertiary/aromatic N) is 1. The Labute approximate surface area is 151 Å². The minimum atomic E-state index is -3.34. The number of hydrogen-bond donors (Lipinski definition) is 1. The molecule has 2 rings (SSSR count). The maximum atomic E-state index is 12.7. The largest absolute Gasteiger partial charge is 0.353 e. The van der Waals surface area contributed by atoms with Gasteiger partial charge in [-0.15, -0.1) is 0 Å². The highest BCUT2D eigenvalue weighted by Gasteiger charge is 2.31. The molecule has 140 valence electrons. The minimum absolute atomic E-state index is 0.0287. The summed E-state index contributed by atoms with van der Waals surface area (Å²) in [6.45, 7) is 8.92. The fraction of sp³-hybridized carbons (Fsp3) is 0.632. The van der Waals surface area contributed by atoms with Gasteiger partial charge in [-0.1, -0.05) is 38.1 Å². The van der Waals surface area contributed by atoms with Gasteiger partial charge >= 0.3 is 0 Å². The molecule has 1 aliphatic heterocycles. The third kappa shape index (κ3) is 5.28. The third-order valence-electron chi connectivity index (χ3n) is 5.19. The summed E-state index contributed by atoms with van der Waals surface area (Å²) in [5.74, 6) is 0.378. The van der Waals surface area contributed by atoms with Gasteiger partial charge in [-0.25, -0.2) is 12.7 Å². The van der Waals surface area contributed by atoms with Crippen LogP contribution in [0.25, 0.3) is 0 Å². The van der Waals surface area contributed by atoms with Crippen LogP contribution < -0.4 is 5.32 Å². The summed E-state index contributed by atoms with van der Waals surface area (Å²) in [6.07, 6.45) is 1.17. The topological polar surface area (TPSA) is 66.5 Å². The van der Waals surface area contributed by atoms with Crippen LogP contribution in [0.4, 0.5) is 0 Å². The summed E-state index contributed by atoms with van der Waals surface area (Å²) in [4.78, 5) is 12.3. The zero-order valence-corrected chi connectivity index (χ0v) is 16.5. The van der Waals surface area contributed by atoms with Crippen LogP contribution in [0.1, 0.15) is 44.7 Å². The highest BCUT2D eigenvalue weighted by molar-refractivity contribution is 7.88. The molecule has 0 aliphatic carbocycles. The average Bonchev–Trinajstić information content (AvgIpc) is 2.56. The molecule has 0 unspecified atom stereocenters. The summed E-state index contributed by atoms with van der Waals surface area (Å²) < 4.78 is 26.9. The van der Waals surface area contributed by atoms with E-state index in [1.165, 1.54) is 4.31 Å². The molecule has 1 aliphatic rings. The number of carbonyl (C=O) groups excluding carboxylic acids is 1. The fourth-order valence-electron chi connectivity index (χ4n) is 2.96. The molecule has 5 nitrogen and oxygen atoms in total. The monoisotopic (exact) mass is 366 g/mol. The molecule has 1 amide bonds. The van der Waals surface area contributed by atoms with E-state index < -0.39 is 10.0 Å². The first-order valence-electron chi connectivity index (χ1n) is 9.03. The zero-order valence-electron chi connectivity index (χ0n) is 15.7. The Morgan fingerprint density at radius 2 is 1.80 bits per heavy atom. The van der Waals surface area contributed by atoms with E-state index in [-0.39, 0.29) is 23.6 Å². The molecule has 6 heteroatoms. The summed E-state index contributed by atoms with van der Waals surface area (Å²) in [5.41, 5.74) is 1.83. The van der Waals surface area contributed by atoms with Gasteiger partial charge in [-0.05, 0) is 43.7 Å². The van der Waals surface area contributed by atoms with Gasteiger partial charge in [0, 0.05) is 25.0 Å². The summed E-state index contributed by atoms with van der Waals surface area (Å²) in [7, 11) is -3.34. The Balaban J connectivity index is 1.92. The van der Waals surface area contributed by atoms with Crippen molar-refractivity contribution in [2.75, 3.05) is 13.1 Å². The Bertz CT molecular complexity index is 692. The maximum absolute atomic E-state index is 12.7. The van der Waals surface area contributed by atoms with Crippen molar-refractivity contribution in [3.8, 4) is 0 Å².